The van der Waals surface area contributed by atoms with Crippen molar-refractivity contribution in [3.05, 3.63) is 5.82 Å². The van der Waals surface area contributed by atoms with Crippen molar-refractivity contribution in [1.29, 1.82) is 0 Å². The van der Waals surface area contributed by atoms with E-state index in [4.69, 9.17) is 0 Å². The van der Waals surface area contributed by atoms with E-state index in [-0.39, 0.29) is 0 Å². The minimum Gasteiger partial charge on any atom is -0.312 e. The van der Waals surface area contributed by atoms with E-state index >= 15 is 0 Å². The molecule has 1 aliphatic heterocycles. The third-order valence-corrected chi connectivity index (χ3v) is 2.86. The Morgan fingerprint density at radius 3 is 3.12 bits per heavy atom. The SMILES string of the molecule is CCCn1nnnc1CN1CCN[C@H](C)C1. The maximum Gasteiger partial charge on any atom is 0.165 e. The maximum atomic E-state index is 4.09. The lowest BCUT2D eigenvalue weighted by Gasteiger charge is -2.31. The predicted octanol–water partition coefficient (Wildman–Crippen LogP) is -0.123. The van der Waals surface area contributed by atoms with Crippen LogP contribution in [0.1, 0.15) is 26.1 Å². The van der Waals surface area contributed by atoms with Crippen molar-refractivity contribution in [2.75, 3.05) is 19.6 Å². The molecule has 16 heavy (non-hydrogen) atoms. The number of rotatable bonds is 4. The Bertz CT molecular complexity index is 323. The predicted molar refractivity (Wildman–Crippen MR) is 60.8 cm³/mol. The largest absolute Gasteiger partial charge is 0.312 e. The van der Waals surface area contributed by atoms with E-state index < -0.39 is 0 Å². The van der Waals surface area contributed by atoms with E-state index in [0.29, 0.717) is 6.04 Å². The fourth-order valence-corrected chi connectivity index (χ4v) is 2.08. The van der Waals surface area contributed by atoms with Crippen molar-refractivity contribution in [2.24, 2.45) is 0 Å². The number of aryl methyl sites for hydroxylation is 1. The lowest BCUT2D eigenvalue weighted by atomic mass is 10.2. The second kappa shape index (κ2) is 5.36. The summed E-state index contributed by atoms with van der Waals surface area (Å²) in [6.07, 6.45) is 1.07. The molecule has 1 aliphatic rings. The highest BCUT2D eigenvalue weighted by Crippen LogP contribution is 2.04. The Morgan fingerprint density at radius 2 is 2.38 bits per heavy atom. The van der Waals surface area contributed by atoms with Gasteiger partial charge in [-0.05, 0) is 23.8 Å². The van der Waals surface area contributed by atoms with E-state index in [1.165, 1.54) is 0 Å². The zero-order chi connectivity index (χ0) is 11.4. The summed E-state index contributed by atoms with van der Waals surface area (Å²) in [5.74, 6) is 0.982. The normalized spacial score (nSPS) is 22.5. The zero-order valence-electron chi connectivity index (χ0n) is 10.1. The van der Waals surface area contributed by atoms with Gasteiger partial charge in [0.05, 0.1) is 6.54 Å². The third-order valence-electron chi connectivity index (χ3n) is 2.86. The molecule has 0 radical (unpaired) electrons. The van der Waals surface area contributed by atoms with E-state index in [0.717, 1.165) is 45.0 Å². The molecule has 2 heterocycles. The van der Waals surface area contributed by atoms with Crippen LogP contribution >= 0.6 is 0 Å². The molecule has 1 saturated heterocycles. The smallest absolute Gasteiger partial charge is 0.165 e. The van der Waals surface area contributed by atoms with Crippen LogP contribution in [0.5, 0.6) is 0 Å². The topological polar surface area (TPSA) is 58.9 Å². The van der Waals surface area contributed by atoms with Crippen LogP contribution in [0.3, 0.4) is 0 Å². The molecule has 1 N–H and O–H groups in total. The molecule has 2 rings (SSSR count). The Balaban J connectivity index is 1.94. The van der Waals surface area contributed by atoms with Gasteiger partial charge in [-0.1, -0.05) is 6.92 Å². The van der Waals surface area contributed by atoms with Crippen LogP contribution in [0.2, 0.25) is 0 Å². The van der Waals surface area contributed by atoms with Crippen LogP contribution < -0.4 is 5.32 Å². The zero-order valence-corrected chi connectivity index (χ0v) is 10.1. The van der Waals surface area contributed by atoms with Crippen molar-refractivity contribution < 1.29 is 0 Å². The highest BCUT2D eigenvalue weighted by atomic mass is 15.5. The first kappa shape index (κ1) is 11.5. The highest BCUT2D eigenvalue weighted by Gasteiger charge is 2.17. The molecule has 6 heteroatoms. The van der Waals surface area contributed by atoms with Gasteiger partial charge in [-0.25, -0.2) is 4.68 Å². The van der Waals surface area contributed by atoms with Gasteiger partial charge in [0.15, 0.2) is 5.82 Å². The van der Waals surface area contributed by atoms with E-state index in [1.54, 1.807) is 0 Å². The molecule has 1 fully saturated rings. The van der Waals surface area contributed by atoms with Gasteiger partial charge in [-0.3, -0.25) is 4.90 Å². The molecule has 0 unspecified atom stereocenters. The van der Waals surface area contributed by atoms with E-state index in [1.807, 2.05) is 4.68 Å². The minimum atomic E-state index is 0.559. The quantitative estimate of drug-likeness (QED) is 0.772. The van der Waals surface area contributed by atoms with Gasteiger partial charge >= 0.3 is 0 Å². The number of nitrogens with one attached hydrogen (secondary N) is 1. The fourth-order valence-electron chi connectivity index (χ4n) is 2.08. The first-order valence-corrected chi connectivity index (χ1v) is 6.00. The number of tetrazole rings is 1. The summed E-state index contributed by atoms with van der Waals surface area (Å²) in [5, 5.41) is 15.3. The van der Waals surface area contributed by atoms with Crippen LogP contribution in [0.4, 0.5) is 0 Å². The Labute approximate surface area is 96.0 Å². The van der Waals surface area contributed by atoms with Crippen molar-refractivity contribution in [3.8, 4) is 0 Å². The molecular formula is C10H20N6. The molecule has 0 aliphatic carbocycles. The Morgan fingerprint density at radius 1 is 1.50 bits per heavy atom. The summed E-state index contributed by atoms with van der Waals surface area (Å²) in [7, 11) is 0. The van der Waals surface area contributed by atoms with Gasteiger partial charge in [0.25, 0.3) is 0 Å². The van der Waals surface area contributed by atoms with Crippen LogP contribution in [-0.4, -0.2) is 50.8 Å². The molecule has 0 bridgehead atoms. The molecule has 0 saturated carbocycles. The van der Waals surface area contributed by atoms with Crippen molar-refractivity contribution in [1.82, 2.24) is 30.4 Å². The van der Waals surface area contributed by atoms with Gasteiger partial charge in [-0.2, -0.15) is 0 Å². The van der Waals surface area contributed by atoms with Crippen molar-refractivity contribution in [2.45, 2.75) is 39.4 Å². The average Bonchev–Trinajstić information content (AvgIpc) is 2.66. The minimum absolute atomic E-state index is 0.559. The van der Waals surface area contributed by atoms with Crippen LogP contribution in [-0.2, 0) is 13.1 Å². The van der Waals surface area contributed by atoms with Crippen molar-refractivity contribution >= 4 is 0 Å². The first-order valence-electron chi connectivity index (χ1n) is 6.00. The monoisotopic (exact) mass is 224 g/mol. The molecule has 1 atom stereocenters. The number of aromatic nitrogens is 4. The summed E-state index contributed by atoms with van der Waals surface area (Å²) in [4.78, 5) is 2.40. The standard InChI is InChI=1S/C10H20N6/c1-3-5-16-10(12-13-14-16)8-15-6-4-11-9(2)7-15/h9,11H,3-8H2,1-2H3/t9-/m1/s1. The average molecular weight is 224 g/mol. The van der Waals surface area contributed by atoms with Crippen LogP contribution in [0, 0.1) is 0 Å². The van der Waals surface area contributed by atoms with Gasteiger partial charge in [0, 0.05) is 32.2 Å². The molecule has 6 nitrogen and oxygen atoms in total. The molecule has 1 aromatic heterocycles. The third kappa shape index (κ3) is 2.76. The Hall–Kier alpha value is -1.01. The highest BCUT2D eigenvalue weighted by molar-refractivity contribution is 4.84. The maximum absolute atomic E-state index is 4.09. The molecule has 0 spiro atoms. The Kier molecular flexibility index (Phi) is 3.84. The molecular weight excluding hydrogens is 204 g/mol. The number of piperazine rings is 1. The lowest BCUT2D eigenvalue weighted by Crippen LogP contribution is -2.48. The number of nitrogens with zero attached hydrogens (tertiary/aromatic N) is 5. The number of hydrogen-bond acceptors (Lipinski definition) is 5. The first-order chi connectivity index (χ1) is 7.79. The van der Waals surface area contributed by atoms with Crippen LogP contribution in [0.15, 0.2) is 0 Å². The molecule has 90 valence electrons. The summed E-state index contributed by atoms with van der Waals surface area (Å²) in [5.41, 5.74) is 0. The van der Waals surface area contributed by atoms with E-state index in [2.05, 4.69) is 39.6 Å². The van der Waals surface area contributed by atoms with Gasteiger partial charge in [0.1, 0.15) is 0 Å². The molecule has 0 aromatic carbocycles. The van der Waals surface area contributed by atoms with Gasteiger partial charge in [-0.15, -0.1) is 5.10 Å². The van der Waals surface area contributed by atoms with Crippen molar-refractivity contribution in [3.63, 3.8) is 0 Å². The van der Waals surface area contributed by atoms with Gasteiger partial charge in [0.2, 0.25) is 0 Å². The second-order valence-corrected chi connectivity index (χ2v) is 4.41. The second-order valence-electron chi connectivity index (χ2n) is 4.41. The molecule has 0 amide bonds. The van der Waals surface area contributed by atoms with Gasteiger partial charge < -0.3 is 5.32 Å². The van der Waals surface area contributed by atoms with E-state index in [9.17, 15) is 0 Å². The summed E-state index contributed by atoms with van der Waals surface area (Å²) < 4.78 is 1.91. The fraction of sp³-hybridized carbons (Fsp3) is 0.900. The molecule has 1 aromatic rings. The summed E-state index contributed by atoms with van der Waals surface area (Å²) in [6.45, 7) is 9.31. The van der Waals surface area contributed by atoms with Crippen LogP contribution in [0.25, 0.3) is 0 Å². The number of hydrogen-bond donors (Lipinski definition) is 1. The summed E-state index contributed by atoms with van der Waals surface area (Å²) in [6, 6.07) is 0.559. The lowest BCUT2D eigenvalue weighted by molar-refractivity contribution is 0.192. The summed E-state index contributed by atoms with van der Waals surface area (Å²) >= 11 is 0.